The van der Waals surface area contributed by atoms with E-state index in [1.807, 2.05) is 0 Å². The number of rotatable bonds is 6. The Morgan fingerprint density at radius 1 is 1.36 bits per heavy atom. The lowest BCUT2D eigenvalue weighted by Gasteiger charge is -2.13. The Kier molecular flexibility index (Phi) is 7.66. The molecule has 0 radical (unpaired) electrons. The third kappa shape index (κ3) is 5.95. The van der Waals surface area contributed by atoms with Crippen LogP contribution in [0.15, 0.2) is 36.5 Å². The van der Waals surface area contributed by atoms with Crippen molar-refractivity contribution < 1.29 is 23.4 Å². The number of hydrogen-bond acceptors (Lipinski definition) is 6. The molecule has 0 bridgehead atoms. The highest BCUT2D eigenvalue weighted by Gasteiger charge is 2.16. The number of pyridine rings is 1. The van der Waals surface area contributed by atoms with Gasteiger partial charge in [-0.15, -0.1) is 6.42 Å². The molecule has 0 saturated carbocycles. The molecule has 1 unspecified atom stereocenters. The molecule has 8 heteroatoms. The lowest BCUT2D eigenvalue weighted by atomic mass is 10.3. The first kappa shape index (κ1) is 20.2. The highest BCUT2D eigenvalue weighted by Crippen LogP contribution is 2.26. The number of hydrogen-bond donors (Lipinski definition) is 1. The molecule has 1 heterocycles. The summed E-state index contributed by atoms with van der Waals surface area (Å²) in [5, 5.41) is 0.175. The molecule has 2 rings (SSSR count). The van der Waals surface area contributed by atoms with Gasteiger partial charge in [0.1, 0.15) is 11.5 Å². The maximum absolute atomic E-state index is 13.6. The second-order valence-corrected chi connectivity index (χ2v) is 5.02. The van der Waals surface area contributed by atoms with E-state index < -0.39 is 17.9 Å². The highest BCUT2D eigenvalue weighted by molar-refractivity contribution is 6.30. The van der Waals surface area contributed by atoms with Crippen molar-refractivity contribution in [2.24, 2.45) is 0 Å². The van der Waals surface area contributed by atoms with E-state index in [-0.39, 0.29) is 23.7 Å². The highest BCUT2D eigenvalue weighted by atomic mass is 35.5. The Labute approximate surface area is 149 Å². The lowest BCUT2D eigenvalue weighted by Crippen LogP contribution is -2.26. The number of nitrogens with zero attached hydrogens (tertiary/aromatic N) is 1. The summed E-state index contributed by atoms with van der Waals surface area (Å²) in [7, 11) is 0. The zero-order valence-electron chi connectivity index (χ0n) is 13.4. The van der Waals surface area contributed by atoms with Crippen molar-refractivity contribution in [2.75, 3.05) is 6.61 Å². The number of carbonyl (C=O) groups is 1. The summed E-state index contributed by atoms with van der Waals surface area (Å²) in [5.74, 6) is 1.52. The molecule has 0 fully saturated rings. The predicted octanol–water partition coefficient (Wildman–Crippen LogP) is 3.77. The van der Waals surface area contributed by atoms with Gasteiger partial charge in [0.2, 0.25) is 0 Å². The van der Waals surface area contributed by atoms with Gasteiger partial charge in [0.15, 0.2) is 18.5 Å². The Balaban J connectivity index is 0.00000312. The van der Waals surface area contributed by atoms with Crippen LogP contribution in [0.2, 0.25) is 5.02 Å². The fourth-order valence-corrected chi connectivity index (χ4v) is 1.80. The predicted molar refractivity (Wildman–Crippen MR) is 90.6 cm³/mol. The number of carbonyl (C=O) groups excluding carboxylic acids is 1. The van der Waals surface area contributed by atoms with Crippen molar-refractivity contribution in [1.82, 2.24) is 11.1 Å². The zero-order chi connectivity index (χ0) is 17.5. The molecular weight excluding hydrogens is 351 g/mol. The molecule has 1 aromatic heterocycles. The first-order valence-electron chi connectivity index (χ1n) is 6.85. The van der Waals surface area contributed by atoms with Crippen molar-refractivity contribution in [3.63, 3.8) is 0 Å². The van der Waals surface area contributed by atoms with Crippen LogP contribution in [0.25, 0.3) is 0 Å². The van der Waals surface area contributed by atoms with E-state index in [1.54, 1.807) is 24.3 Å². The molecule has 6 nitrogen and oxygen atoms in total. The number of aromatic nitrogens is 1. The summed E-state index contributed by atoms with van der Waals surface area (Å²) in [5.41, 5.74) is 0. The Bertz CT molecular complexity index is 762. The molecule has 3 N–H and O–H groups in total. The minimum Gasteiger partial charge on any atom is -0.479 e. The lowest BCUT2D eigenvalue weighted by molar-refractivity contribution is -0.149. The second-order valence-electron chi connectivity index (χ2n) is 4.59. The average Bonchev–Trinajstić information content (AvgIpc) is 2.56. The molecule has 0 aliphatic rings. The van der Waals surface area contributed by atoms with Crippen LogP contribution in [0.5, 0.6) is 17.4 Å². The van der Waals surface area contributed by atoms with Gasteiger partial charge < -0.3 is 20.4 Å². The smallest absolute Gasteiger partial charge is 0.347 e. The van der Waals surface area contributed by atoms with Crippen LogP contribution >= 0.6 is 11.6 Å². The topological polar surface area (TPSA) is 92.7 Å². The molecule has 0 saturated heterocycles. The SMILES string of the molecule is C#CCOC(=O)C(C)Oc1ccc(Oc2ncc(Cl)cc2F)cc1.N. The molecule has 132 valence electrons. The van der Waals surface area contributed by atoms with Gasteiger partial charge in [0.25, 0.3) is 5.88 Å². The van der Waals surface area contributed by atoms with Crippen molar-refractivity contribution in [3.8, 4) is 29.7 Å². The second kappa shape index (κ2) is 9.47. The summed E-state index contributed by atoms with van der Waals surface area (Å²) in [4.78, 5) is 15.3. The van der Waals surface area contributed by atoms with Crippen LogP contribution in [-0.4, -0.2) is 23.7 Å². The fraction of sp³-hybridized carbons (Fsp3) is 0.176. The van der Waals surface area contributed by atoms with Crippen LogP contribution in [-0.2, 0) is 9.53 Å². The molecule has 0 aliphatic carbocycles. The minimum absolute atomic E-state index is 0. The summed E-state index contributed by atoms with van der Waals surface area (Å²) < 4.78 is 29.1. The van der Waals surface area contributed by atoms with Crippen molar-refractivity contribution in [2.45, 2.75) is 13.0 Å². The fourth-order valence-electron chi connectivity index (χ4n) is 1.66. The minimum atomic E-state index is -0.819. The Hall–Kier alpha value is -2.82. The van der Waals surface area contributed by atoms with Crippen molar-refractivity contribution >= 4 is 17.6 Å². The van der Waals surface area contributed by atoms with Crippen molar-refractivity contribution in [3.05, 3.63) is 47.4 Å². The van der Waals surface area contributed by atoms with Gasteiger partial charge in [-0.25, -0.2) is 14.2 Å². The summed E-state index contributed by atoms with van der Waals surface area (Å²) in [6.07, 6.45) is 5.47. The molecule has 0 aliphatic heterocycles. The first-order valence-corrected chi connectivity index (χ1v) is 7.23. The van der Waals surface area contributed by atoms with Crippen LogP contribution in [0.4, 0.5) is 4.39 Å². The van der Waals surface area contributed by atoms with E-state index in [9.17, 15) is 9.18 Å². The number of benzene rings is 1. The summed E-state index contributed by atoms with van der Waals surface area (Å²) in [6.45, 7) is 1.43. The van der Waals surface area contributed by atoms with Crippen LogP contribution < -0.4 is 15.6 Å². The van der Waals surface area contributed by atoms with E-state index in [2.05, 4.69) is 10.9 Å². The third-order valence-electron chi connectivity index (χ3n) is 2.75. The number of esters is 1. The molecule has 0 amide bonds. The van der Waals surface area contributed by atoms with Gasteiger partial charge in [-0.05, 0) is 37.3 Å². The largest absolute Gasteiger partial charge is 0.479 e. The van der Waals surface area contributed by atoms with Crippen LogP contribution in [0.3, 0.4) is 0 Å². The van der Waals surface area contributed by atoms with Crippen LogP contribution in [0, 0.1) is 18.2 Å². The molecule has 1 atom stereocenters. The first-order chi connectivity index (χ1) is 11.5. The number of halogens is 2. The Morgan fingerprint density at radius 3 is 2.60 bits per heavy atom. The van der Waals surface area contributed by atoms with Gasteiger partial charge in [-0.1, -0.05) is 17.5 Å². The van der Waals surface area contributed by atoms with Gasteiger partial charge in [0.05, 0.1) is 5.02 Å². The zero-order valence-corrected chi connectivity index (χ0v) is 14.1. The van der Waals surface area contributed by atoms with Gasteiger partial charge in [0, 0.05) is 6.20 Å². The number of ether oxygens (including phenoxy) is 3. The molecule has 2 aromatic rings. The van der Waals surface area contributed by atoms with E-state index in [0.29, 0.717) is 11.5 Å². The standard InChI is InChI=1S/C17H13ClFNO4.H3N/c1-3-8-22-17(21)11(2)23-13-4-6-14(7-5-13)24-16-15(19)9-12(18)10-20-16;/h1,4-7,9-11H,8H2,2H3;1H3. The van der Waals surface area contributed by atoms with E-state index in [0.717, 1.165) is 6.07 Å². The van der Waals surface area contributed by atoms with Crippen molar-refractivity contribution in [1.29, 1.82) is 0 Å². The molecule has 25 heavy (non-hydrogen) atoms. The molecule has 0 spiro atoms. The van der Waals surface area contributed by atoms with Gasteiger partial charge in [-0.3, -0.25) is 0 Å². The molecule has 1 aromatic carbocycles. The maximum Gasteiger partial charge on any atom is 0.347 e. The Morgan fingerprint density at radius 2 is 2.00 bits per heavy atom. The normalized spacial score (nSPS) is 10.8. The van der Waals surface area contributed by atoms with Gasteiger partial charge >= 0.3 is 5.97 Å². The molecular formula is C17H16ClFN2O4. The quantitative estimate of drug-likeness (QED) is 0.618. The van der Waals surface area contributed by atoms with E-state index >= 15 is 0 Å². The van der Waals surface area contributed by atoms with E-state index in [1.165, 1.54) is 13.1 Å². The third-order valence-corrected chi connectivity index (χ3v) is 2.96. The van der Waals surface area contributed by atoms with E-state index in [4.69, 9.17) is 32.2 Å². The summed E-state index contributed by atoms with van der Waals surface area (Å²) in [6, 6.07) is 7.32. The van der Waals surface area contributed by atoms with Gasteiger partial charge in [-0.2, -0.15) is 0 Å². The average molecular weight is 367 g/mol. The monoisotopic (exact) mass is 366 g/mol. The summed E-state index contributed by atoms with van der Waals surface area (Å²) >= 11 is 5.62. The van der Waals surface area contributed by atoms with Crippen LogP contribution in [0.1, 0.15) is 6.92 Å². The maximum atomic E-state index is 13.6. The number of terminal acetylenes is 1.